The van der Waals surface area contributed by atoms with Crippen LogP contribution in [0.3, 0.4) is 0 Å². The highest BCUT2D eigenvalue weighted by Gasteiger charge is 2.26. The first-order valence-corrected chi connectivity index (χ1v) is 7.10. The summed E-state index contributed by atoms with van der Waals surface area (Å²) < 4.78 is 11.4. The van der Waals surface area contributed by atoms with Crippen molar-refractivity contribution < 1.29 is 9.47 Å². The third-order valence-electron chi connectivity index (χ3n) is 3.03. The van der Waals surface area contributed by atoms with Gasteiger partial charge in [0.2, 0.25) is 5.95 Å². The molecule has 1 aliphatic heterocycles. The summed E-state index contributed by atoms with van der Waals surface area (Å²) in [6.07, 6.45) is 6.17. The Morgan fingerprint density at radius 1 is 1.50 bits per heavy atom. The van der Waals surface area contributed by atoms with E-state index in [0.29, 0.717) is 24.2 Å². The van der Waals surface area contributed by atoms with E-state index >= 15 is 0 Å². The van der Waals surface area contributed by atoms with Crippen molar-refractivity contribution in [2.75, 3.05) is 25.1 Å². The van der Waals surface area contributed by atoms with Crippen LogP contribution in [0.2, 0.25) is 5.02 Å². The lowest BCUT2D eigenvalue weighted by molar-refractivity contribution is -0.0319. The zero-order chi connectivity index (χ0) is 14.4. The van der Waals surface area contributed by atoms with Crippen LogP contribution >= 0.6 is 11.6 Å². The topological polar surface area (TPSA) is 56.3 Å². The lowest BCUT2D eigenvalue weighted by Gasteiger charge is -2.31. The van der Waals surface area contributed by atoms with Gasteiger partial charge in [-0.2, -0.15) is 0 Å². The summed E-state index contributed by atoms with van der Waals surface area (Å²) in [7, 11) is 0. The number of nitrogens with zero attached hydrogens (tertiary/aromatic N) is 2. The molecule has 0 aromatic carbocycles. The molecule has 0 bridgehead atoms. The van der Waals surface area contributed by atoms with Crippen LogP contribution in [-0.2, 0) is 9.47 Å². The number of hydrogen-bond donors (Lipinski definition) is 1. The number of hydrogen-bond acceptors (Lipinski definition) is 5. The lowest BCUT2D eigenvalue weighted by Crippen LogP contribution is -2.44. The lowest BCUT2D eigenvalue weighted by atomic mass is 10.1. The summed E-state index contributed by atoms with van der Waals surface area (Å²) in [5.74, 6) is 0.542. The van der Waals surface area contributed by atoms with Gasteiger partial charge in [-0.15, -0.1) is 0 Å². The minimum Gasteiger partial charge on any atom is -0.379 e. The van der Waals surface area contributed by atoms with Gasteiger partial charge in [0.1, 0.15) is 0 Å². The number of nitrogens with one attached hydrogen (secondary N) is 1. The third kappa shape index (κ3) is 4.74. The maximum Gasteiger partial charge on any atom is 0.223 e. The van der Waals surface area contributed by atoms with Crippen LogP contribution < -0.4 is 5.32 Å². The molecule has 1 N–H and O–H groups in total. The van der Waals surface area contributed by atoms with E-state index in [9.17, 15) is 0 Å². The quantitative estimate of drug-likeness (QED) is 0.847. The maximum absolute atomic E-state index is 5.90. The average molecular weight is 298 g/mol. The van der Waals surface area contributed by atoms with Crippen LogP contribution in [0.1, 0.15) is 20.3 Å². The minimum absolute atomic E-state index is 0.0514. The van der Waals surface area contributed by atoms with E-state index < -0.39 is 0 Å². The number of rotatable bonds is 5. The van der Waals surface area contributed by atoms with Gasteiger partial charge in [0.25, 0.3) is 0 Å². The molecule has 0 spiro atoms. The molecule has 1 saturated heterocycles. The van der Waals surface area contributed by atoms with Crippen molar-refractivity contribution in [3.63, 3.8) is 0 Å². The largest absolute Gasteiger partial charge is 0.379 e. The average Bonchev–Trinajstić information content (AvgIpc) is 2.43. The van der Waals surface area contributed by atoms with Crippen molar-refractivity contribution in [1.29, 1.82) is 0 Å². The molecule has 2 rings (SSSR count). The SMILES string of the molecule is CC(C)=CCO[C@H]1CCOC[C@H]1Nc1ncc(Cl)cn1. The molecule has 0 radical (unpaired) electrons. The normalized spacial score (nSPS) is 22.4. The number of aromatic nitrogens is 2. The molecule has 6 heteroatoms. The Kier molecular flexibility index (Phi) is 5.76. The van der Waals surface area contributed by atoms with Crippen molar-refractivity contribution in [3.8, 4) is 0 Å². The molecule has 2 heterocycles. The van der Waals surface area contributed by atoms with Crippen LogP contribution in [0.5, 0.6) is 0 Å². The standard InChI is InChI=1S/C14H20ClN3O2/c1-10(2)3-6-20-13-4-5-19-9-12(13)18-14-16-7-11(15)8-17-14/h3,7-8,12-13H,4-6,9H2,1-2H3,(H,16,17,18)/t12-,13+/m1/s1. The van der Waals surface area contributed by atoms with E-state index in [1.165, 1.54) is 5.57 Å². The monoisotopic (exact) mass is 297 g/mol. The maximum atomic E-state index is 5.90. The van der Waals surface area contributed by atoms with E-state index in [4.69, 9.17) is 21.1 Å². The summed E-state index contributed by atoms with van der Waals surface area (Å²) in [5, 5.41) is 3.76. The molecule has 1 fully saturated rings. The second-order valence-electron chi connectivity index (χ2n) is 4.99. The number of anilines is 1. The van der Waals surface area contributed by atoms with Gasteiger partial charge in [-0.25, -0.2) is 9.97 Å². The zero-order valence-electron chi connectivity index (χ0n) is 11.8. The van der Waals surface area contributed by atoms with Crippen LogP contribution in [0.15, 0.2) is 24.0 Å². The van der Waals surface area contributed by atoms with Crippen molar-refractivity contribution in [2.45, 2.75) is 32.4 Å². The fourth-order valence-corrected chi connectivity index (χ4v) is 2.04. The highest BCUT2D eigenvalue weighted by molar-refractivity contribution is 6.30. The summed E-state index contributed by atoms with van der Waals surface area (Å²) in [5.41, 5.74) is 1.25. The minimum atomic E-state index is 0.0514. The fourth-order valence-electron chi connectivity index (χ4n) is 1.94. The molecule has 1 aromatic rings. The van der Waals surface area contributed by atoms with Gasteiger partial charge in [0.15, 0.2) is 0 Å². The van der Waals surface area contributed by atoms with Gasteiger partial charge in [0, 0.05) is 6.61 Å². The van der Waals surface area contributed by atoms with Crippen molar-refractivity contribution >= 4 is 17.5 Å². The Balaban J connectivity index is 1.92. The van der Waals surface area contributed by atoms with Gasteiger partial charge in [-0.05, 0) is 20.3 Å². The highest BCUT2D eigenvalue weighted by Crippen LogP contribution is 2.16. The van der Waals surface area contributed by atoms with Crippen molar-refractivity contribution in [2.24, 2.45) is 0 Å². The Morgan fingerprint density at radius 2 is 2.25 bits per heavy atom. The van der Waals surface area contributed by atoms with Crippen LogP contribution in [-0.4, -0.2) is 41.9 Å². The van der Waals surface area contributed by atoms with E-state index in [1.807, 2.05) is 0 Å². The molecule has 110 valence electrons. The predicted molar refractivity (Wildman–Crippen MR) is 79.1 cm³/mol. The molecule has 0 saturated carbocycles. The highest BCUT2D eigenvalue weighted by atomic mass is 35.5. The number of halogens is 1. The van der Waals surface area contributed by atoms with E-state index in [-0.39, 0.29) is 12.1 Å². The van der Waals surface area contributed by atoms with Gasteiger partial charge >= 0.3 is 0 Å². The molecular formula is C14H20ClN3O2. The fraction of sp³-hybridized carbons (Fsp3) is 0.571. The Labute approximate surface area is 124 Å². The Bertz CT molecular complexity index is 446. The number of ether oxygens (including phenoxy) is 2. The van der Waals surface area contributed by atoms with Crippen LogP contribution in [0, 0.1) is 0 Å². The van der Waals surface area contributed by atoms with E-state index in [2.05, 4.69) is 35.2 Å². The first-order valence-electron chi connectivity index (χ1n) is 6.72. The van der Waals surface area contributed by atoms with Crippen molar-refractivity contribution in [1.82, 2.24) is 9.97 Å². The van der Waals surface area contributed by atoms with Gasteiger partial charge in [-0.1, -0.05) is 23.3 Å². The molecule has 0 unspecified atom stereocenters. The third-order valence-corrected chi connectivity index (χ3v) is 3.22. The van der Waals surface area contributed by atoms with Gasteiger partial charge in [-0.3, -0.25) is 0 Å². The summed E-state index contributed by atoms with van der Waals surface area (Å²) >= 11 is 5.77. The second kappa shape index (κ2) is 7.57. The molecule has 5 nitrogen and oxygen atoms in total. The summed E-state index contributed by atoms with van der Waals surface area (Å²) in [6.45, 7) is 6.05. The van der Waals surface area contributed by atoms with Crippen LogP contribution in [0.4, 0.5) is 5.95 Å². The van der Waals surface area contributed by atoms with E-state index in [0.717, 1.165) is 13.0 Å². The zero-order valence-corrected chi connectivity index (χ0v) is 12.6. The Hall–Kier alpha value is -1.17. The summed E-state index contributed by atoms with van der Waals surface area (Å²) in [6, 6.07) is 0.0514. The van der Waals surface area contributed by atoms with Gasteiger partial charge in [0.05, 0.1) is 42.8 Å². The smallest absolute Gasteiger partial charge is 0.223 e. The molecule has 0 aliphatic carbocycles. The first kappa shape index (κ1) is 15.2. The Morgan fingerprint density at radius 3 is 2.95 bits per heavy atom. The molecule has 1 aliphatic rings. The molecule has 20 heavy (non-hydrogen) atoms. The molecule has 1 aromatic heterocycles. The second-order valence-corrected chi connectivity index (χ2v) is 5.43. The molecular weight excluding hydrogens is 278 g/mol. The molecule has 0 amide bonds. The van der Waals surface area contributed by atoms with Crippen LogP contribution in [0.25, 0.3) is 0 Å². The first-order chi connectivity index (χ1) is 9.65. The van der Waals surface area contributed by atoms with Gasteiger partial charge < -0.3 is 14.8 Å². The van der Waals surface area contributed by atoms with E-state index in [1.54, 1.807) is 12.4 Å². The predicted octanol–water partition coefficient (Wildman–Crippen LogP) is 2.68. The number of allylic oxidation sites excluding steroid dienone is 1. The molecule has 2 atom stereocenters. The summed E-state index contributed by atoms with van der Waals surface area (Å²) in [4.78, 5) is 8.28. The van der Waals surface area contributed by atoms with Crippen molar-refractivity contribution in [3.05, 3.63) is 29.1 Å².